The van der Waals surface area contributed by atoms with E-state index in [0.29, 0.717) is 5.69 Å². The Hall–Kier alpha value is -2.10. The van der Waals surface area contributed by atoms with Gasteiger partial charge in [0.2, 0.25) is 0 Å². The summed E-state index contributed by atoms with van der Waals surface area (Å²) in [5.41, 5.74) is 2.60. The standard InChI is InChI=1S/C13H15N3O/c1-16(2)13(17)12-9-11(14-15-12)8-10-6-4-3-5-7-10/h3-7,9H,8H2,1-2H3,(H,14,15). The van der Waals surface area contributed by atoms with E-state index >= 15 is 0 Å². The van der Waals surface area contributed by atoms with Gasteiger partial charge in [0, 0.05) is 26.2 Å². The lowest BCUT2D eigenvalue weighted by Crippen LogP contribution is -2.21. The Morgan fingerprint density at radius 1 is 1.29 bits per heavy atom. The third kappa shape index (κ3) is 2.72. The van der Waals surface area contributed by atoms with Crippen molar-refractivity contribution >= 4 is 5.91 Å². The molecule has 1 amide bonds. The Morgan fingerprint density at radius 2 is 2.00 bits per heavy atom. The van der Waals surface area contributed by atoms with Crippen LogP contribution in [0, 0.1) is 0 Å². The Bertz CT molecular complexity index is 502. The first-order valence-electron chi connectivity index (χ1n) is 5.46. The van der Waals surface area contributed by atoms with Crippen molar-refractivity contribution in [1.29, 1.82) is 0 Å². The molecule has 17 heavy (non-hydrogen) atoms. The third-order valence-corrected chi connectivity index (χ3v) is 2.49. The molecule has 1 aromatic heterocycles. The average Bonchev–Trinajstić information content (AvgIpc) is 2.77. The van der Waals surface area contributed by atoms with E-state index in [1.165, 1.54) is 10.5 Å². The van der Waals surface area contributed by atoms with Gasteiger partial charge in [0.25, 0.3) is 5.91 Å². The molecule has 2 rings (SSSR count). The quantitative estimate of drug-likeness (QED) is 0.871. The van der Waals surface area contributed by atoms with E-state index < -0.39 is 0 Å². The van der Waals surface area contributed by atoms with Gasteiger partial charge in [0.05, 0.1) is 0 Å². The van der Waals surface area contributed by atoms with E-state index in [-0.39, 0.29) is 5.91 Å². The fraction of sp³-hybridized carbons (Fsp3) is 0.231. The number of H-pyrrole nitrogens is 1. The van der Waals surface area contributed by atoms with Crippen LogP contribution in [0.5, 0.6) is 0 Å². The molecule has 4 heteroatoms. The largest absolute Gasteiger partial charge is 0.343 e. The van der Waals surface area contributed by atoms with Gasteiger partial charge >= 0.3 is 0 Å². The van der Waals surface area contributed by atoms with Crippen molar-refractivity contribution in [1.82, 2.24) is 15.1 Å². The molecule has 0 spiro atoms. The summed E-state index contributed by atoms with van der Waals surface area (Å²) in [5, 5.41) is 6.91. The first-order valence-corrected chi connectivity index (χ1v) is 5.46. The normalized spacial score (nSPS) is 10.2. The zero-order chi connectivity index (χ0) is 12.3. The second-order valence-electron chi connectivity index (χ2n) is 4.14. The minimum absolute atomic E-state index is 0.0828. The van der Waals surface area contributed by atoms with Crippen LogP contribution in [0.15, 0.2) is 36.4 Å². The van der Waals surface area contributed by atoms with Gasteiger partial charge in [0.15, 0.2) is 0 Å². The number of nitrogens with zero attached hydrogens (tertiary/aromatic N) is 2. The van der Waals surface area contributed by atoms with Gasteiger partial charge in [-0.1, -0.05) is 30.3 Å². The van der Waals surface area contributed by atoms with Crippen LogP contribution in [-0.4, -0.2) is 35.1 Å². The smallest absolute Gasteiger partial charge is 0.273 e. The number of hydrogen-bond donors (Lipinski definition) is 1. The molecule has 0 radical (unpaired) electrons. The summed E-state index contributed by atoms with van der Waals surface area (Å²) in [4.78, 5) is 13.2. The predicted octanol–water partition coefficient (Wildman–Crippen LogP) is 1.70. The van der Waals surface area contributed by atoms with Gasteiger partial charge in [-0.2, -0.15) is 5.10 Å². The maximum absolute atomic E-state index is 11.7. The van der Waals surface area contributed by atoms with Crippen molar-refractivity contribution < 1.29 is 4.79 Å². The molecule has 0 unspecified atom stereocenters. The van der Waals surface area contributed by atoms with Crippen molar-refractivity contribution in [2.24, 2.45) is 0 Å². The highest BCUT2D eigenvalue weighted by molar-refractivity contribution is 5.91. The lowest BCUT2D eigenvalue weighted by Gasteiger charge is -2.06. The maximum Gasteiger partial charge on any atom is 0.273 e. The van der Waals surface area contributed by atoms with Gasteiger partial charge in [-0.25, -0.2) is 0 Å². The van der Waals surface area contributed by atoms with Crippen LogP contribution in [0.3, 0.4) is 0 Å². The number of hydrogen-bond acceptors (Lipinski definition) is 2. The van der Waals surface area contributed by atoms with Crippen LogP contribution in [0.1, 0.15) is 21.7 Å². The number of aromatic amines is 1. The van der Waals surface area contributed by atoms with Crippen molar-refractivity contribution in [3.63, 3.8) is 0 Å². The highest BCUT2D eigenvalue weighted by atomic mass is 16.2. The fourth-order valence-corrected chi connectivity index (χ4v) is 1.61. The molecule has 88 valence electrons. The van der Waals surface area contributed by atoms with Gasteiger partial charge < -0.3 is 4.90 Å². The van der Waals surface area contributed by atoms with Crippen molar-refractivity contribution in [2.75, 3.05) is 14.1 Å². The molecule has 0 saturated heterocycles. The van der Waals surface area contributed by atoms with E-state index in [1.807, 2.05) is 30.3 Å². The Morgan fingerprint density at radius 3 is 2.65 bits per heavy atom. The SMILES string of the molecule is CN(C)C(=O)c1cc(Cc2ccccc2)[nH]n1. The van der Waals surface area contributed by atoms with Crippen LogP contribution in [-0.2, 0) is 6.42 Å². The van der Waals surface area contributed by atoms with Crippen LogP contribution >= 0.6 is 0 Å². The van der Waals surface area contributed by atoms with E-state index in [9.17, 15) is 4.79 Å². The summed E-state index contributed by atoms with van der Waals surface area (Å²) in [5.74, 6) is -0.0828. The van der Waals surface area contributed by atoms with Crippen LogP contribution in [0.2, 0.25) is 0 Å². The van der Waals surface area contributed by atoms with Crippen LogP contribution in [0.25, 0.3) is 0 Å². The molecule has 0 saturated carbocycles. The predicted molar refractivity (Wildman–Crippen MR) is 65.9 cm³/mol. The molecule has 0 bridgehead atoms. The molecule has 0 aliphatic carbocycles. The molecule has 0 aliphatic heterocycles. The Balaban J connectivity index is 2.12. The lowest BCUT2D eigenvalue weighted by molar-refractivity contribution is 0.0822. The molecular formula is C13H15N3O. The van der Waals surface area contributed by atoms with Gasteiger partial charge in [0.1, 0.15) is 5.69 Å². The zero-order valence-corrected chi connectivity index (χ0v) is 9.97. The molecule has 1 N–H and O–H groups in total. The minimum Gasteiger partial charge on any atom is -0.343 e. The first kappa shape index (κ1) is 11.4. The second-order valence-corrected chi connectivity index (χ2v) is 4.14. The summed E-state index contributed by atoms with van der Waals surface area (Å²) in [6.45, 7) is 0. The van der Waals surface area contributed by atoms with Crippen LogP contribution in [0.4, 0.5) is 0 Å². The molecule has 1 heterocycles. The van der Waals surface area contributed by atoms with Gasteiger partial charge in [-0.05, 0) is 11.6 Å². The fourth-order valence-electron chi connectivity index (χ4n) is 1.61. The van der Waals surface area contributed by atoms with E-state index in [0.717, 1.165) is 12.1 Å². The number of nitrogens with one attached hydrogen (secondary N) is 1. The van der Waals surface area contributed by atoms with Crippen LogP contribution < -0.4 is 0 Å². The zero-order valence-electron chi connectivity index (χ0n) is 9.97. The summed E-state index contributed by atoms with van der Waals surface area (Å²) in [7, 11) is 3.43. The van der Waals surface area contributed by atoms with Crippen molar-refractivity contribution in [2.45, 2.75) is 6.42 Å². The Labute approximate surface area is 100 Å². The summed E-state index contributed by atoms with van der Waals surface area (Å²) in [6, 6.07) is 11.9. The number of carbonyl (C=O) groups is 1. The van der Waals surface area contributed by atoms with E-state index in [4.69, 9.17) is 0 Å². The number of rotatable bonds is 3. The Kier molecular flexibility index (Phi) is 3.23. The highest BCUT2D eigenvalue weighted by Gasteiger charge is 2.12. The van der Waals surface area contributed by atoms with Gasteiger partial charge in [-0.3, -0.25) is 9.89 Å². The van der Waals surface area contributed by atoms with Crippen molar-refractivity contribution in [3.8, 4) is 0 Å². The second kappa shape index (κ2) is 4.82. The molecular weight excluding hydrogens is 214 g/mol. The molecule has 1 aromatic carbocycles. The monoisotopic (exact) mass is 229 g/mol. The number of aromatic nitrogens is 2. The molecule has 0 atom stereocenters. The number of carbonyl (C=O) groups excluding carboxylic acids is 1. The maximum atomic E-state index is 11.7. The van der Waals surface area contributed by atoms with E-state index in [2.05, 4.69) is 10.2 Å². The first-order chi connectivity index (χ1) is 8.16. The third-order valence-electron chi connectivity index (χ3n) is 2.49. The highest BCUT2D eigenvalue weighted by Crippen LogP contribution is 2.08. The van der Waals surface area contributed by atoms with Crippen molar-refractivity contribution in [3.05, 3.63) is 53.3 Å². The summed E-state index contributed by atoms with van der Waals surface area (Å²) < 4.78 is 0. The lowest BCUT2D eigenvalue weighted by atomic mass is 10.1. The molecule has 4 nitrogen and oxygen atoms in total. The molecule has 0 fully saturated rings. The molecule has 0 aliphatic rings. The summed E-state index contributed by atoms with van der Waals surface area (Å²) in [6.07, 6.45) is 0.758. The van der Waals surface area contributed by atoms with E-state index in [1.54, 1.807) is 20.2 Å². The number of amides is 1. The topological polar surface area (TPSA) is 49.0 Å². The van der Waals surface area contributed by atoms with Gasteiger partial charge in [-0.15, -0.1) is 0 Å². The average molecular weight is 229 g/mol. The minimum atomic E-state index is -0.0828. The molecule has 2 aromatic rings. The number of benzene rings is 1. The summed E-state index contributed by atoms with van der Waals surface area (Å²) >= 11 is 0.